The Bertz CT molecular complexity index is 681. The molecule has 1 fully saturated rings. The Morgan fingerprint density at radius 2 is 2.21 bits per heavy atom. The maximum Gasteiger partial charge on any atom is 0.307 e. The van der Waals surface area contributed by atoms with Gasteiger partial charge in [0, 0.05) is 13.0 Å². The normalized spacial score (nSPS) is 19.5. The fourth-order valence-corrected chi connectivity index (χ4v) is 2.57. The lowest BCUT2D eigenvalue weighted by Gasteiger charge is -2.15. The second kappa shape index (κ2) is 4.59. The van der Waals surface area contributed by atoms with E-state index in [0.29, 0.717) is 11.3 Å². The van der Waals surface area contributed by atoms with Gasteiger partial charge in [0.25, 0.3) is 0 Å². The first kappa shape index (κ1) is 13.4. The minimum absolute atomic E-state index is 0.229. The Labute approximate surface area is 109 Å². The van der Waals surface area contributed by atoms with Gasteiger partial charge in [-0.05, 0) is 19.1 Å². The van der Waals surface area contributed by atoms with E-state index in [1.807, 2.05) is 6.07 Å². The third kappa shape index (κ3) is 2.56. The highest BCUT2D eigenvalue weighted by molar-refractivity contribution is 7.87. The largest absolute Gasteiger partial charge is 0.307 e. The minimum atomic E-state index is -4.74. The number of hydrogen-bond donors (Lipinski definition) is 0. The van der Waals surface area contributed by atoms with Crippen molar-refractivity contribution >= 4 is 21.9 Å². The van der Waals surface area contributed by atoms with Crippen molar-refractivity contribution in [3.05, 3.63) is 23.4 Å². The zero-order valence-corrected chi connectivity index (χ0v) is 10.8. The third-order valence-corrected chi connectivity index (χ3v) is 4.07. The molecule has 6 nitrogen and oxygen atoms in total. The summed E-state index contributed by atoms with van der Waals surface area (Å²) in [5.41, 5.74) is 0.796. The van der Waals surface area contributed by atoms with Crippen molar-refractivity contribution in [3.63, 3.8) is 0 Å². The second-order valence-corrected chi connectivity index (χ2v) is 5.84. The van der Waals surface area contributed by atoms with E-state index in [9.17, 15) is 17.1 Å². The van der Waals surface area contributed by atoms with Crippen molar-refractivity contribution in [2.45, 2.75) is 18.6 Å². The van der Waals surface area contributed by atoms with Crippen molar-refractivity contribution in [2.75, 3.05) is 11.4 Å². The fourth-order valence-electron chi connectivity index (χ4n) is 1.90. The molecule has 0 aromatic carbocycles. The van der Waals surface area contributed by atoms with E-state index in [4.69, 9.17) is 5.26 Å². The van der Waals surface area contributed by atoms with Crippen LogP contribution in [0, 0.1) is 18.3 Å². The van der Waals surface area contributed by atoms with Gasteiger partial charge < -0.3 is 0 Å². The summed E-state index contributed by atoms with van der Waals surface area (Å²) >= 11 is 0. The minimum Gasteiger partial charge on any atom is -0.295 e. The number of halogens is 1. The fraction of sp³-hybridized carbons (Fsp3) is 0.364. The molecule has 2 rings (SSSR count). The highest BCUT2D eigenvalue weighted by atomic mass is 32.3. The monoisotopic (exact) mass is 283 g/mol. The number of carbonyl (C=O) groups excluding carboxylic acids is 1. The summed E-state index contributed by atoms with van der Waals surface area (Å²) in [7, 11) is -4.74. The van der Waals surface area contributed by atoms with Gasteiger partial charge in [0.1, 0.15) is 17.1 Å². The van der Waals surface area contributed by atoms with Crippen molar-refractivity contribution in [1.82, 2.24) is 4.98 Å². The molecule has 2 heterocycles. The molecule has 19 heavy (non-hydrogen) atoms. The Hall–Kier alpha value is -2.01. The van der Waals surface area contributed by atoms with Gasteiger partial charge in [-0.2, -0.15) is 13.7 Å². The first-order valence-corrected chi connectivity index (χ1v) is 6.89. The summed E-state index contributed by atoms with van der Waals surface area (Å²) in [5, 5.41) is 7.43. The topological polar surface area (TPSA) is 91.1 Å². The molecule has 1 amide bonds. The van der Waals surface area contributed by atoms with Crippen LogP contribution in [0.25, 0.3) is 0 Å². The van der Waals surface area contributed by atoms with Gasteiger partial charge in [-0.3, -0.25) is 9.69 Å². The summed E-state index contributed by atoms with van der Waals surface area (Å²) in [5.74, 6) is -0.268. The zero-order valence-electron chi connectivity index (χ0n) is 10.00. The smallest absolute Gasteiger partial charge is 0.295 e. The molecule has 1 unspecified atom stereocenters. The number of aryl methyl sites for hydroxylation is 1. The highest BCUT2D eigenvalue weighted by Crippen LogP contribution is 2.25. The Morgan fingerprint density at radius 3 is 2.68 bits per heavy atom. The lowest BCUT2D eigenvalue weighted by Crippen LogP contribution is -2.27. The summed E-state index contributed by atoms with van der Waals surface area (Å²) in [4.78, 5) is 16.9. The van der Waals surface area contributed by atoms with E-state index in [1.54, 1.807) is 6.92 Å². The number of carbonyl (C=O) groups is 1. The lowest BCUT2D eigenvalue weighted by atomic mass is 10.2. The van der Waals surface area contributed by atoms with E-state index in [0.717, 1.165) is 4.90 Å². The predicted molar refractivity (Wildman–Crippen MR) is 64.5 cm³/mol. The van der Waals surface area contributed by atoms with Crippen molar-refractivity contribution in [3.8, 4) is 6.07 Å². The first-order chi connectivity index (χ1) is 8.82. The number of hydrogen-bond acceptors (Lipinski definition) is 5. The average Bonchev–Trinajstić information content (AvgIpc) is 2.71. The quantitative estimate of drug-likeness (QED) is 0.744. The Balaban J connectivity index is 2.31. The molecule has 1 saturated heterocycles. The molecule has 1 aromatic heterocycles. The standard InChI is InChI=1S/C11H10FN3O3S/c1-7-8(5-13)2-3-10(14-7)15-6-9(4-11(15)16)19(12,17)18/h2-3,9H,4,6H2,1H3. The van der Waals surface area contributed by atoms with Gasteiger partial charge in [-0.1, -0.05) is 0 Å². The van der Waals surface area contributed by atoms with Gasteiger partial charge in [0.15, 0.2) is 0 Å². The van der Waals surface area contributed by atoms with E-state index >= 15 is 0 Å². The molecule has 1 aromatic rings. The van der Waals surface area contributed by atoms with Gasteiger partial charge >= 0.3 is 10.2 Å². The van der Waals surface area contributed by atoms with E-state index in [1.165, 1.54) is 12.1 Å². The van der Waals surface area contributed by atoms with E-state index in [2.05, 4.69) is 4.98 Å². The van der Waals surface area contributed by atoms with Crippen molar-refractivity contribution < 1.29 is 17.1 Å². The molecular formula is C11H10FN3O3S. The van der Waals surface area contributed by atoms with E-state index < -0.39 is 21.4 Å². The highest BCUT2D eigenvalue weighted by Gasteiger charge is 2.39. The Kier molecular flexibility index (Phi) is 3.24. The number of pyridine rings is 1. The zero-order chi connectivity index (χ0) is 14.2. The first-order valence-electron chi connectivity index (χ1n) is 5.44. The van der Waals surface area contributed by atoms with Gasteiger partial charge in [-0.25, -0.2) is 4.98 Å². The van der Waals surface area contributed by atoms with Gasteiger partial charge in [-0.15, -0.1) is 3.89 Å². The van der Waals surface area contributed by atoms with Crippen LogP contribution in [-0.2, 0) is 15.0 Å². The number of anilines is 1. The molecule has 0 aliphatic carbocycles. The molecule has 0 bridgehead atoms. The lowest BCUT2D eigenvalue weighted by molar-refractivity contribution is -0.117. The molecule has 1 atom stereocenters. The van der Waals surface area contributed by atoms with Gasteiger partial charge in [0.2, 0.25) is 5.91 Å². The number of amides is 1. The van der Waals surface area contributed by atoms with Crippen LogP contribution in [0.1, 0.15) is 17.7 Å². The van der Waals surface area contributed by atoms with Crippen LogP contribution in [0.15, 0.2) is 12.1 Å². The van der Waals surface area contributed by atoms with Crippen LogP contribution in [0.2, 0.25) is 0 Å². The maximum atomic E-state index is 12.9. The van der Waals surface area contributed by atoms with Crippen LogP contribution in [0.5, 0.6) is 0 Å². The predicted octanol–water partition coefficient (Wildman–Crippen LogP) is 0.666. The molecule has 1 aliphatic heterocycles. The van der Waals surface area contributed by atoms with Gasteiger partial charge in [0.05, 0.1) is 11.3 Å². The van der Waals surface area contributed by atoms with E-state index in [-0.39, 0.29) is 18.8 Å². The third-order valence-electron chi connectivity index (χ3n) is 2.96. The number of nitriles is 1. The van der Waals surface area contributed by atoms with Crippen LogP contribution in [-0.4, -0.2) is 31.1 Å². The second-order valence-electron chi connectivity index (χ2n) is 4.22. The SMILES string of the molecule is Cc1nc(N2CC(S(=O)(=O)F)CC2=O)ccc1C#N. The van der Waals surface area contributed by atoms with Crippen LogP contribution < -0.4 is 4.90 Å². The summed E-state index contributed by atoms with van der Waals surface area (Å²) in [6.45, 7) is 1.35. The summed E-state index contributed by atoms with van der Waals surface area (Å²) in [6.07, 6.45) is -0.389. The van der Waals surface area contributed by atoms with Crippen molar-refractivity contribution in [1.29, 1.82) is 5.26 Å². The van der Waals surface area contributed by atoms with Crippen LogP contribution >= 0.6 is 0 Å². The molecule has 8 heteroatoms. The summed E-state index contributed by atoms with van der Waals surface area (Å²) in [6, 6.07) is 4.86. The average molecular weight is 283 g/mol. The Morgan fingerprint density at radius 1 is 1.53 bits per heavy atom. The maximum absolute atomic E-state index is 12.9. The number of aromatic nitrogens is 1. The molecule has 0 N–H and O–H groups in total. The number of rotatable bonds is 2. The molecule has 100 valence electrons. The molecule has 0 spiro atoms. The van der Waals surface area contributed by atoms with Crippen LogP contribution in [0.3, 0.4) is 0 Å². The van der Waals surface area contributed by atoms with Crippen LogP contribution in [0.4, 0.5) is 9.70 Å². The number of nitrogens with zero attached hydrogens (tertiary/aromatic N) is 3. The molecular weight excluding hydrogens is 273 g/mol. The summed E-state index contributed by atoms with van der Waals surface area (Å²) < 4.78 is 34.5. The molecule has 0 radical (unpaired) electrons. The molecule has 0 saturated carbocycles. The molecule has 1 aliphatic rings. The van der Waals surface area contributed by atoms with Crippen molar-refractivity contribution in [2.24, 2.45) is 0 Å².